The number of urea groups is 1. The van der Waals surface area contributed by atoms with Crippen molar-refractivity contribution in [2.24, 2.45) is 0 Å². The van der Waals surface area contributed by atoms with Crippen molar-refractivity contribution in [2.75, 3.05) is 49.8 Å². The van der Waals surface area contributed by atoms with E-state index in [2.05, 4.69) is 53.4 Å². The number of carbonyl (C=O) groups excluding carboxylic acids is 2. The van der Waals surface area contributed by atoms with Crippen LogP contribution < -0.4 is 26.6 Å². The number of carbonyl (C=O) groups is 2. The van der Waals surface area contributed by atoms with Gasteiger partial charge in [0.15, 0.2) is 22.9 Å². The molecular weight excluding hydrogens is 781 g/mol. The molecule has 0 aliphatic heterocycles. The van der Waals surface area contributed by atoms with Gasteiger partial charge in [0, 0.05) is 67.8 Å². The highest BCUT2D eigenvalue weighted by molar-refractivity contribution is 5.95. The van der Waals surface area contributed by atoms with Crippen LogP contribution in [0.2, 0.25) is 0 Å². The van der Waals surface area contributed by atoms with E-state index in [1.807, 2.05) is 45.2 Å². The maximum atomic E-state index is 14.1. The number of nitrogens with one attached hydrogen (secondary N) is 5. The smallest absolute Gasteiger partial charge is 0.318 e. The average molecular weight is 826 g/mol. The van der Waals surface area contributed by atoms with Gasteiger partial charge in [-0.3, -0.25) is 13.6 Å². The molecule has 5 N–H and O–H groups in total. The van der Waals surface area contributed by atoms with E-state index in [-0.39, 0.29) is 23.6 Å². The maximum absolute atomic E-state index is 14.1. The molecule has 9 rings (SSSR count). The maximum Gasteiger partial charge on any atom is 0.318 e. The Hall–Kier alpha value is -7.20. The fourth-order valence-corrected chi connectivity index (χ4v) is 6.91. The Bertz CT molecular complexity index is 2860. The summed E-state index contributed by atoms with van der Waals surface area (Å²) in [6, 6.07) is 23.9. The van der Waals surface area contributed by atoms with Crippen LogP contribution in [0, 0.1) is 11.6 Å². The lowest BCUT2D eigenvalue weighted by molar-refractivity contribution is 0.0951. The molecular formula is C45H45F2N11O3. The van der Waals surface area contributed by atoms with E-state index >= 15 is 0 Å². The van der Waals surface area contributed by atoms with E-state index in [9.17, 15) is 18.4 Å². The highest BCUT2D eigenvalue weighted by Crippen LogP contribution is 2.31. The molecule has 312 valence electrons. The van der Waals surface area contributed by atoms with Crippen molar-refractivity contribution in [3.63, 3.8) is 0 Å². The van der Waals surface area contributed by atoms with Gasteiger partial charge < -0.3 is 31.3 Å². The standard InChI is InChI=1S/C24H24FN5O.C21H21FN6O2/c1-2-3-12-26-22-23-27-14-21(30(23)20-13-17(25)8-11-19(20)29-22)15-4-6-16(7-5-15)24(31)28-18-9-10-18;1-23-21(29)26-15-6-3-13(4-7-15)18-12-25-20-19(24-9-10-30-2)27-16-8-5-14(22)11-17(16)28(18)20/h4-8,11,13-14,18H,2-3,9-10,12H2,1H3,(H,26,29)(H,28,31);3-8,11-12H,9-10H2,1-2H3,(H,24,27)(H2,23,26,29). The summed E-state index contributed by atoms with van der Waals surface area (Å²) in [5.41, 5.74) is 8.48. The number of aromatic nitrogens is 6. The van der Waals surface area contributed by atoms with Crippen molar-refractivity contribution < 1.29 is 23.1 Å². The number of hydrogen-bond donors (Lipinski definition) is 5. The van der Waals surface area contributed by atoms with E-state index in [1.165, 1.54) is 24.3 Å². The topological polar surface area (TPSA) is 164 Å². The number of fused-ring (bicyclic) bond motifs is 6. The van der Waals surface area contributed by atoms with Crippen molar-refractivity contribution in [1.82, 2.24) is 39.4 Å². The fourth-order valence-electron chi connectivity index (χ4n) is 6.91. The number of rotatable bonds is 13. The molecule has 61 heavy (non-hydrogen) atoms. The molecule has 16 heteroatoms. The van der Waals surface area contributed by atoms with Gasteiger partial charge in [0.25, 0.3) is 5.91 Å². The Kier molecular flexibility index (Phi) is 12.0. The highest BCUT2D eigenvalue weighted by atomic mass is 19.1. The Morgan fingerprint density at radius 3 is 1.80 bits per heavy atom. The van der Waals surface area contributed by atoms with Crippen LogP contribution >= 0.6 is 0 Å². The summed E-state index contributed by atoms with van der Waals surface area (Å²) in [5, 5.41) is 14.8. The zero-order chi connectivity index (χ0) is 42.5. The number of ether oxygens (including phenoxy) is 1. The lowest BCUT2D eigenvalue weighted by Crippen LogP contribution is -2.25. The van der Waals surface area contributed by atoms with Gasteiger partial charge >= 0.3 is 6.03 Å². The van der Waals surface area contributed by atoms with Crippen LogP contribution in [0.25, 0.3) is 55.9 Å². The van der Waals surface area contributed by atoms with E-state index in [1.54, 1.807) is 50.8 Å². The van der Waals surface area contributed by atoms with Crippen LogP contribution in [0.1, 0.15) is 43.0 Å². The molecule has 0 unspecified atom stereocenters. The first kappa shape index (κ1) is 40.6. The zero-order valence-corrected chi connectivity index (χ0v) is 33.9. The van der Waals surface area contributed by atoms with Gasteiger partial charge in [-0.2, -0.15) is 0 Å². The van der Waals surface area contributed by atoms with Gasteiger partial charge in [-0.15, -0.1) is 0 Å². The molecule has 0 spiro atoms. The Morgan fingerprint density at radius 2 is 1.30 bits per heavy atom. The number of benzene rings is 4. The van der Waals surface area contributed by atoms with Crippen LogP contribution in [0.3, 0.4) is 0 Å². The molecule has 0 bridgehead atoms. The Labute approximate surface area is 349 Å². The quantitative estimate of drug-likeness (QED) is 0.0720. The second-order valence-electron chi connectivity index (χ2n) is 14.6. The van der Waals surface area contributed by atoms with Gasteiger partial charge in [-0.1, -0.05) is 37.6 Å². The monoisotopic (exact) mass is 825 g/mol. The number of methoxy groups -OCH3 is 1. The van der Waals surface area contributed by atoms with Crippen LogP contribution in [-0.4, -0.2) is 80.6 Å². The zero-order valence-electron chi connectivity index (χ0n) is 33.9. The first-order valence-corrected chi connectivity index (χ1v) is 20.1. The highest BCUT2D eigenvalue weighted by Gasteiger charge is 2.24. The molecule has 3 amide bonds. The molecule has 0 saturated heterocycles. The predicted octanol–water partition coefficient (Wildman–Crippen LogP) is 8.29. The second-order valence-corrected chi connectivity index (χ2v) is 14.6. The predicted molar refractivity (Wildman–Crippen MR) is 234 cm³/mol. The summed E-state index contributed by atoms with van der Waals surface area (Å²) in [6.07, 6.45) is 7.70. The number of anilines is 3. The van der Waals surface area contributed by atoms with Crippen molar-refractivity contribution in [2.45, 2.75) is 38.6 Å². The molecule has 8 aromatic rings. The number of hydrogen-bond acceptors (Lipinski definition) is 9. The molecule has 4 aromatic heterocycles. The number of imidazole rings is 2. The van der Waals surface area contributed by atoms with Gasteiger partial charge in [-0.25, -0.2) is 33.5 Å². The van der Waals surface area contributed by atoms with Crippen molar-refractivity contribution >= 4 is 62.6 Å². The summed E-state index contributed by atoms with van der Waals surface area (Å²) in [6.45, 7) is 4.01. The number of halogens is 2. The number of nitrogens with zero attached hydrogens (tertiary/aromatic N) is 6. The summed E-state index contributed by atoms with van der Waals surface area (Å²) in [5.74, 6) is 0.547. The molecule has 1 aliphatic rings. The minimum absolute atomic E-state index is 0.0497. The van der Waals surface area contributed by atoms with Gasteiger partial charge in [0.2, 0.25) is 0 Å². The number of amides is 3. The van der Waals surface area contributed by atoms with E-state index in [0.717, 1.165) is 54.7 Å². The third-order valence-corrected chi connectivity index (χ3v) is 10.2. The minimum Gasteiger partial charge on any atom is -0.383 e. The molecule has 4 heterocycles. The van der Waals surface area contributed by atoms with Crippen molar-refractivity contribution in [1.29, 1.82) is 0 Å². The van der Waals surface area contributed by atoms with Crippen LogP contribution in [0.15, 0.2) is 97.3 Å². The van der Waals surface area contributed by atoms with E-state index in [0.29, 0.717) is 75.4 Å². The summed E-state index contributed by atoms with van der Waals surface area (Å²) < 4.78 is 37.0. The lowest BCUT2D eigenvalue weighted by Gasteiger charge is -2.12. The summed E-state index contributed by atoms with van der Waals surface area (Å²) in [4.78, 5) is 42.2. The minimum atomic E-state index is -0.351. The second kappa shape index (κ2) is 18.0. The van der Waals surface area contributed by atoms with Crippen molar-refractivity contribution in [3.05, 3.63) is 115 Å². The molecule has 1 fully saturated rings. The fraction of sp³-hybridized carbons (Fsp3) is 0.244. The Balaban J connectivity index is 0.000000169. The van der Waals surface area contributed by atoms with Crippen LogP contribution in [0.4, 0.5) is 30.9 Å². The van der Waals surface area contributed by atoms with Crippen molar-refractivity contribution in [3.8, 4) is 22.5 Å². The van der Waals surface area contributed by atoms with E-state index < -0.39 is 0 Å². The van der Waals surface area contributed by atoms with Gasteiger partial charge in [0.05, 0.1) is 52.5 Å². The summed E-state index contributed by atoms with van der Waals surface area (Å²) in [7, 11) is 3.18. The normalized spacial score (nSPS) is 12.3. The van der Waals surface area contributed by atoms with Gasteiger partial charge in [-0.05, 0) is 67.8 Å². The average Bonchev–Trinajstić information content (AvgIpc) is 3.78. The third-order valence-electron chi connectivity index (χ3n) is 10.2. The summed E-state index contributed by atoms with van der Waals surface area (Å²) >= 11 is 0. The molecule has 1 aliphatic carbocycles. The third kappa shape index (κ3) is 8.89. The molecule has 0 atom stereocenters. The van der Waals surface area contributed by atoms with Gasteiger partial charge in [0.1, 0.15) is 11.6 Å². The molecule has 4 aromatic carbocycles. The molecule has 0 radical (unpaired) electrons. The van der Waals surface area contributed by atoms with E-state index in [4.69, 9.17) is 4.74 Å². The first-order valence-electron chi connectivity index (χ1n) is 20.1. The largest absolute Gasteiger partial charge is 0.383 e. The van der Waals surface area contributed by atoms with Crippen LogP contribution in [-0.2, 0) is 4.74 Å². The lowest BCUT2D eigenvalue weighted by atomic mass is 10.1. The number of unbranched alkanes of at least 4 members (excludes halogenated alkanes) is 1. The Morgan fingerprint density at radius 1 is 0.754 bits per heavy atom. The first-order chi connectivity index (χ1) is 29.7. The SMILES string of the molecule is CCCCNc1nc2ccc(F)cc2n2c(-c3ccc(C(=O)NC4CC4)cc3)cnc12.CNC(=O)Nc1ccc(-c2cnc3c(NCCOC)nc4ccc(F)cc4n23)cc1. The molecule has 14 nitrogen and oxygen atoms in total. The molecule has 1 saturated carbocycles. The van der Waals surface area contributed by atoms with Crippen LogP contribution in [0.5, 0.6) is 0 Å².